The molecule has 0 unspecified atom stereocenters. The number of nitrogens with one attached hydrogen (secondary N) is 1. The first-order valence-corrected chi connectivity index (χ1v) is 13.5. The molecule has 2 heterocycles. The Balaban J connectivity index is 1.45. The van der Waals surface area contributed by atoms with E-state index in [0.29, 0.717) is 24.5 Å². The summed E-state index contributed by atoms with van der Waals surface area (Å²) in [7, 11) is -7.41. The van der Waals surface area contributed by atoms with Crippen LogP contribution in [0.15, 0.2) is 52.4 Å². The predicted molar refractivity (Wildman–Crippen MR) is 116 cm³/mol. The van der Waals surface area contributed by atoms with Crippen molar-refractivity contribution in [1.82, 2.24) is 14.0 Å². The molecule has 0 atom stereocenters. The number of pyridine rings is 1. The van der Waals surface area contributed by atoms with E-state index in [1.807, 2.05) is 0 Å². The first-order chi connectivity index (χ1) is 14.9. The molecule has 8 nitrogen and oxygen atoms in total. The fourth-order valence-corrected chi connectivity index (χ4v) is 6.48. The maximum Gasteiger partial charge on any atom is 0.243 e. The lowest BCUT2D eigenvalue weighted by Crippen LogP contribution is -2.28. The summed E-state index contributed by atoms with van der Waals surface area (Å²) in [6, 6.07) is 8.87. The maximum absolute atomic E-state index is 12.7. The average Bonchev–Trinajstić information content (AvgIpc) is 3.48. The monoisotopic (exact) mass is 465 g/mol. The smallest absolute Gasteiger partial charge is 0.243 e. The molecule has 1 saturated heterocycles. The Morgan fingerprint density at radius 3 is 2.26 bits per heavy atom. The third kappa shape index (κ3) is 5.08. The summed E-state index contributed by atoms with van der Waals surface area (Å²) in [5, 5.41) is 0. The number of aromatic nitrogens is 1. The quantitative estimate of drug-likeness (QED) is 0.643. The number of hydrogen-bond acceptors (Lipinski definition) is 6. The molecule has 1 aliphatic carbocycles. The second kappa shape index (κ2) is 9.23. The van der Waals surface area contributed by atoms with Crippen molar-refractivity contribution in [3.8, 4) is 5.88 Å². The standard InChI is InChI=1S/C21H27N3O5S2/c25-30(26,19-9-11-20(12-10-19)31(27,28)24-14-3-4-15-24)23-16-17-6-5-13-22-21(17)29-18-7-1-2-8-18/h5-6,9-13,18,23H,1-4,7-8,14-16H2. The van der Waals surface area contributed by atoms with Gasteiger partial charge < -0.3 is 4.74 Å². The topological polar surface area (TPSA) is 106 Å². The van der Waals surface area contributed by atoms with Crippen LogP contribution in [0, 0.1) is 0 Å². The molecule has 0 amide bonds. The van der Waals surface area contributed by atoms with Gasteiger partial charge in [0.1, 0.15) is 6.10 Å². The summed E-state index contributed by atoms with van der Waals surface area (Å²) in [5.41, 5.74) is 0.659. The first kappa shape index (κ1) is 22.2. The van der Waals surface area contributed by atoms with Gasteiger partial charge in [0.15, 0.2) is 0 Å². The summed E-state index contributed by atoms with van der Waals surface area (Å²) >= 11 is 0. The minimum Gasteiger partial charge on any atom is -0.474 e. The Bertz CT molecular complexity index is 1110. The summed E-state index contributed by atoms with van der Waals surface area (Å²) < 4.78 is 60.7. The van der Waals surface area contributed by atoms with E-state index >= 15 is 0 Å². The molecule has 168 valence electrons. The summed E-state index contributed by atoms with van der Waals surface area (Å²) in [4.78, 5) is 4.38. The van der Waals surface area contributed by atoms with Crippen LogP contribution in [0.2, 0.25) is 0 Å². The lowest BCUT2D eigenvalue weighted by atomic mass is 10.2. The molecule has 4 rings (SSSR count). The Morgan fingerprint density at radius 2 is 1.58 bits per heavy atom. The number of benzene rings is 1. The summed E-state index contributed by atoms with van der Waals surface area (Å²) in [6.45, 7) is 1.03. The van der Waals surface area contributed by atoms with Crippen LogP contribution in [0.4, 0.5) is 0 Å². The van der Waals surface area contributed by atoms with E-state index in [1.54, 1.807) is 18.3 Å². The Morgan fingerprint density at radius 1 is 0.935 bits per heavy atom. The van der Waals surface area contributed by atoms with Crippen molar-refractivity contribution in [3.05, 3.63) is 48.2 Å². The van der Waals surface area contributed by atoms with Crippen molar-refractivity contribution in [2.45, 2.75) is 61.0 Å². The number of nitrogens with zero attached hydrogens (tertiary/aromatic N) is 2. The van der Waals surface area contributed by atoms with Crippen LogP contribution in [0.25, 0.3) is 0 Å². The van der Waals surface area contributed by atoms with Gasteiger partial charge in [-0.2, -0.15) is 4.31 Å². The summed E-state index contributed by atoms with van der Waals surface area (Å²) in [5.74, 6) is 0.448. The lowest BCUT2D eigenvalue weighted by Gasteiger charge is -2.16. The van der Waals surface area contributed by atoms with E-state index in [-0.39, 0.29) is 22.4 Å². The van der Waals surface area contributed by atoms with Crippen molar-refractivity contribution in [3.63, 3.8) is 0 Å². The molecule has 2 aliphatic rings. The van der Waals surface area contributed by atoms with Gasteiger partial charge in [0.25, 0.3) is 0 Å². The van der Waals surface area contributed by atoms with Gasteiger partial charge in [0.05, 0.1) is 9.79 Å². The van der Waals surface area contributed by atoms with Crippen LogP contribution >= 0.6 is 0 Å². The van der Waals surface area contributed by atoms with Gasteiger partial charge in [0.2, 0.25) is 25.9 Å². The Labute approximate surface area is 183 Å². The van der Waals surface area contributed by atoms with Crippen LogP contribution in [0.3, 0.4) is 0 Å². The highest BCUT2D eigenvalue weighted by Crippen LogP contribution is 2.26. The highest BCUT2D eigenvalue weighted by molar-refractivity contribution is 7.89. The lowest BCUT2D eigenvalue weighted by molar-refractivity contribution is 0.199. The molecule has 31 heavy (non-hydrogen) atoms. The number of ether oxygens (including phenoxy) is 1. The number of sulfonamides is 2. The van der Waals surface area contributed by atoms with Crippen LogP contribution in [-0.2, 0) is 26.6 Å². The minimum absolute atomic E-state index is 0.00928. The maximum atomic E-state index is 12.7. The second-order valence-corrected chi connectivity index (χ2v) is 11.6. The van der Waals surface area contributed by atoms with Crippen molar-refractivity contribution in [2.24, 2.45) is 0 Å². The number of hydrogen-bond donors (Lipinski definition) is 1. The summed E-state index contributed by atoms with van der Waals surface area (Å²) in [6.07, 6.45) is 7.65. The molecule has 1 aliphatic heterocycles. The van der Waals surface area contributed by atoms with Crippen molar-refractivity contribution in [2.75, 3.05) is 13.1 Å². The molecule has 1 aromatic carbocycles. The SMILES string of the molecule is O=S(=O)(NCc1cccnc1OC1CCCC1)c1ccc(S(=O)(=O)N2CCCC2)cc1. The van der Waals surface area contributed by atoms with E-state index in [0.717, 1.165) is 38.5 Å². The second-order valence-electron chi connectivity index (χ2n) is 7.90. The number of rotatable bonds is 8. The van der Waals surface area contributed by atoms with Crippen LogP contribution in [0.1, 0.15) is 44.1 Å². The molecule has 1 N–H and O–H groups in total. The Hall–Kier alpha value is -2.01. The highest BCUT2D eigenvalue weighted by Gasteiger charge is 2.27. The largest absolute Gasteiger partial charge is 0.474 e. The molecule has 2 fully saturated rings. The molecule has 0 spiro atoms. The van der Waals surface area contributed by atoms with Gasteiger partial charge >= 0.3 is 0 Å². The highest BCUT2D eigenvalue weighted by atomic mass is 32.2. The van der Waals surface area contributed by atoms with E-state index < -0.39 is 20.0 Å². The Kier molecular flexibility index (Phi) is 6.61. The van der Waals surface area contributed by atoms with E-state index in [1.165, 1.54) is 28.6 Å². The van der Waals surface area contributed by atoms with Crippen LogP contribution in [-0.4, -0.2) is 45.3 Å². The molecule has 1 aromatic heterocycles. The minimum atomic E-state index is -3.83. The molecular formula is C21H27N3O5S2. The van der Waals surface area contributed by atoms with Crippen molar-refractivity contribution >= 4 is 20.0 Å². The molecule has 0 bridgehead atoms. The molecular weight excluding hydrogens is 438 g/mol. The van der Waals surface area contributed by atoms with Gasteiger partial charge in [-0.3, -0.25) is 0 Å². The van der Waals surface area contributed by atoms with Gasteiger partial charge in [-0.1, -0.05) is 6.07 Å². The van der Waals surface area contributed by atoms with E-state index in [9.17, 15) is 16.8 Å². The van der Waals surface area contributed by atoms with Gasteiger partial charge in [0, 0.05) is 31.4 Å². The fourth-order valence-electron chi connectivity index (χ4n) is 3.95. The normalized spacial score (nSPS) is 18.5. The van der Waals surface area contributed by atoms with Gasteiger partial charge in [-0.25, -0.2) is 26.5 Å². The molecule has 10 heteroatoms. The van der Waals surface area contributed by atoms with E-state index in [2.05, 4.69) is 9.71 Å². The third-order valence-corrected chi connectivity index (χ3v) is 9.05. The van der Waals surface area contributed by atoms with Crippen molar-refractivity contribution in [1.29, 1.82) is 0 Å². The molecule has 0 radical (unpaired) electrons. The predicted octanol–water partition coefficient (Wildman–Crippen LogP) is 2.67. The van der Waals surface area contributed by atoms with Crippen molar-refractivity contribution < 1.29 is 21.6 Å². The zero-order chi connectivity index (χ0) is 21.9. The third-order valence-electron chi connectivity index (χ3n) is 5.72. The van der Waals surface area contributed by atoms with Gasteiger partial charge in [-0.05, 0) is 68.9 Å². The van der Waals surface area contributed by atoms with Crippen LogP contribution < -0.4 is 9.46 Å². The van der Waals surface area contributed by atoms with E-state index in [4.69, 9.17) is 4.74 Å². The first-order valence-electron chi connectivity index (χ1n) is 10.6. The zero-order valence-electron chi connectivity index (χ0n) is 17.2. The average molecular weight is 466 g/mol. The molecule has 1 saturated carbocycles. The molecule has 2 aromatic rings. The van der Waals surface area contributed by atoms with Gasteiger partial charge in [-0.15, -0.1) is 0 Å². The fraction of sp³-hybridized carbons (Fsp3) is 0.476. The van der Waals surface area contributed by atoms with Crippen LogP contribution in [0.5, 0.6) is 5.88 Å². The zero-order valence-corrected chi connectivity index (χ0v) is 18.9.